The molecule has 0 unspecified atom stereocenters. The second kappa shape index (κ2) is 7.80. The molecule has 0 aromatic heterocycles. The predicted molar refractivity (Wildman–Crippen MR) is 96.2 cm³/mol. The zero-order valence-electron chi connectivity index (χ0n) is 14.1. The van der Waals surface area contributed by atoms with E-state index in [1.807, 2.05) is 6.92 Å². The highest BCUT2D eigenvalue weighted by Crippen LogP contribution is 2.17. The smallest absolute Gasteiger partial charge is 0.427 e. The quantitative estimate of drug-likeness (QED) is 0.632. The van der Waals surface area contributed by atoms with Crippen LogP contribution in [0.5, 0.6) is 0 Å². The first-order valence-corrected chi connectivity index (χ1v) is 8.88. The molecule has 0 radical (unpaired) electrons. The molecule has 0 saturated carbocycles. The van der Waals surface area contributed by atoms with Gasteiger partial charge in [-0.25, -0.2) is 18.6 Å². The summed E-state index contributed by atoms with van der Waals surface area (Å²) in [6.07, 6.45) is -0.665. The fourth-order valence-electron chi connectivity index (χ4n) is 1.95. The molecular weight excluding hydrogens is 342 g/mol. The average Bonchev–Trinajstić information content (AvgIpc) is 2.60. The van der Waals surface area contributed by atoms with Crippen molar-refractivity contribution < 1.29 is 17.9 Å². The van der Waals surface area contributed by atoms with Crippen LogP contribution in [0.3, 0.4) is 0 Å². The van der Waals surface area contributed by atoms with Gasteiger partial charge in [-0.05, 0) is 43.7 Å². The fraction of sp³-hybridized carbons (Fsp3) is 0.176. The largest absolute Gasteiger partial charge is 0.452 e. The molecule has 2 aromatic carbocycles. The molecule has 0 fully saturated rings. The summed E-state index contributed by atoms with van der Waals surface area (Å²) in [7, 11) is -2.40. The van der Waals surface area contributed by atoms with E-state index in [2.05, 4.69) is 20.0 Å². The summed E-state index contributed by atoms with van der Waals surface area (Å²) < 4.78 is 31.6. The summed E-state index contributed by atoms with van der Waals surface area (Å²) in [4.78, 5) is 11.2. The summed E-state index contributed by atoms with van der Waals surface area (Å²) >= 11 is 0. The lowest BCUT2D eigenvalue weighted by Crippen LogP contribution is -2.18. The SMILES string of the molecule is COC(=O)N/N=C(\C)c1ccc(NS(=O)(=O)c2ccc(C)cc2)cc1. The maximum absolute atomic E-state index is 12.3. The maximum atomic E-state index is 12.3. The van der Waals surface area contributed by atoms with Gasteiger partial charge < -0.3 is 4.74 Å². The van der Waals surface area contributed by atoms with Crippen LogP contribution in [-0.2, 0) is 14.8 Å². The van der Waals surface area contributed by atoms with Crippen molar-refractivity contribution in [3.8, 4) is 0 Å². The molecule has 0 saturated heterocycles. The average molecular weight is 361 g/mol. The van der Waals surface area contributed by atoms with Crippen molar-refractivity contribution in [1.29, 1.82) is 0 Å². The normalized spacial score (nSPS) is 11.7. The van der Waals surface area contributed by atoms with Crippen LogP contribution in [0, 0.1) is 6.92 Å². The number of benzene rings is 2. The van der Waals surface area contributed by atoms with Crippen molar-refractivity contribution in [3.63, 3.8) is 0 Å². The number of hydrazone groups is 1. The van der Waals surface area contributed by atoms with Crippen LogP contribution < -0.4 is 10.1 Å². The lowest BCUT2D eigenvalue weighted by molar-refractivity contribution is 0.171. The Balaban J connectivity index is 2.12. The van der Waals surface area contributed by atoms with Crippen molar-refractivity contribution in [2.24, 2.45) is 5.10 Å². The Labute approximate surface area is 146 Å². The lowest BCUT2D eigenvalue weighted by atomic mass is 10.1. The zero-order valence-corrected chi connectivity index (χ0v) is 14.9. The van der Waals surface area contributed by atoms with Crippen molar-refractivity contribution in [2.45, 2.75) is 18.7 Å². The van der Waals surface area contributed by atoms with Crippen molar-refractivity contribution >= 4 is 27.5 Å². The minimum atomic E-state index is -3.64. The Kier molecular flexibility index (Phi) is 5.76. The van der Waals surface area contributed by atoms with Crippen LogP contribution >= 0.6 is 0 Å². The lowest BCUT2D eigenvalue weighted by Gasteiger charge is -2.09. The Hall–Kier alpha value is -2.87. The van der Waals surface area contributed by atoms with Gasteiger partial charge in [0.2, 0.25) is 0 Å². The highest BCUT2D eigenvalue weighted by Gasteiger charge is 2.13. The number of amides is 1. The van der Waals surface area contributed by atoms with Gasteiger partial charge in [0.25, 0.3) is 10.0 Å². The van der Waals surface area contributed by atoms with E-state index in [1.165, 1.54) is 7.11 Å². The van der Waals surface area contributed by atoms with Gasteiger partial charge in [-0.15, -0.1) is 0 Å². The number of carbonyl (C=O) groups is 1. The number of nitrogens with one attached hydrogen (secondary N) is 2. The molecule has 0 aliphatic carbocycles. The third kappa shape index (κ3) is 5.05. The van der Waals surface area contributed by atoms with Gasteiger partial charge in [0.15, 0.2) is 0 Å². The topological polar surface area (TPSA) is 96.9 Å². The standard InChI is InChI=1S/C17H19N3O4S/c1-12-4-10-16(11-5-12)25(22,23)20-15-8-6-14(7-9-15)13(2)18-19-17(21)24-3/h4-11,20H,1-3H3,(H,19,21)/b18-13+. The van der Waals surface area contributed by atoms with E-state index in [9.17, 15) is 13.2 Å². The van der Waals surface area contributed by atoms with Gasteiger partial charge in [-0.2, -0.15) is 5.10 Å². The van der Waals surface area contributed by atoms with Crippen LogP contribution in [0.2, 0.25) is 0 Å². The number of anilines is 1. The number of methoxy groups -OCH3 is 1. The molecule has 0 heterocycles. The molecule has 2 aromatic rings. The van der Waals surface area contributed by atoms with E-state index in [4.69, 9.17) is 0 Å². The third-order valence-corrected chi connectivity index (χ3v) is 4.78. The molecule has 7 nitrogen and oxygen atoms in total. The van der Waals surface area contributed by atoms with Crippen LogP contribution in [0.15, 0.2) is 58.5 Å². The molecule has 0 bridgehead atoms. The first-order chi connectivity index (χ1) is 11.8. The molecule has 0 spiro atoms. The molecule has 2 N–H and O–H groups in total. The maximum Gasteiger partial charge on any atom is 0.427 e. The highest BCUT2D eigenvalue weighted by atomic mass is 32.2. The van der Waals surface area contributed by atoms with Crippen LogP contribution in [0.4, 0.5) is 10.5 Å². The molecule has 1 amide bonds. The summed E-state index contributed by atoms with van der Waals surface area (Å²) in [5.74, 6) is 0. The highest BCUT2D eigenvalue weighted by molar-refractivity contribution is 7.92. The minimum Gasteiger partial charge on any atom is -0.452 e. The number of carbonyl (C=O) groups excluding carboxylic acids is 1. The second-order valence-corrected chi connectivity index (χ2v) is 6.98. The van der Waals surface area contributed by atoms with E-state index in [0.29, 0.717) is 11.4 Å². The predicted octanol–water partition coefficient (Wildman–Crippen LogP) is 2.88. The van der Waals surface area contributed by atoms with Gasteiger partial charge >= 0.3 is 6.09 Å². The summed E-state index contributed by atoms with van der Waals surface area (Å²) in [6, 6.07) is 13.2. The summed E-state index contributed by atoms with van der Waals surface area (Å²) in [5.41, 5.74) is 4.92. The van der Waals surface area contributed by atoms with E-state index in [-0.39, 0.29) is 4.90 Å². The van der Waals surface area contributed by atoms with Crippen LogP contribution in [-0.4, -0.2) is 27.3 Å². The monoisotopic (exact) mass is 361 g/mol. The first kappa shape index (κ1) is 18.5. The third-order valence-electron chi connectivity index (χ3n) is 3.39. The van der Waals surface area contributed by atoms with Crippen molar-refractivity contribution in [1.82, 2.24) is 5.43 Å². The van der Waals surface area contributed by atoms with Crippen LogP contribution in [0.25, 0.3) is 0 Å². The number of sulfonamides is 1. The van der Waals surface area contributed by atoms with Gasteiger partial charge in [-0.3, -0.25) is 4.72 Å². The number of aryl methyl sites for hydroxylation is 1. The zero-order chi connectivity index (χ0) is 18.4. The first-order valence-electron chi connectivity index (χ1n) is 7.40. The van der Waals surface area contributed by atoms with Gasteiger partial charge in [0.1, 0.15) is 0 Å². The van der Waals surface area contributed by atoms with E-state index in [1.54, 1.807) is 55.5 Å². The van der Waals surface area contributed by atoms with Crippen LogP contribution in [0.1, 0.15) is 18.1 Å². The number of hydrogen-bond donors (Lipinski definition) is 2. The number of rotatable bonds is 5. The van der Waals surface area contributed by atoms with E-state index >= 15 is 0 Å². The van der Waals surface area contributed by atoms with Crippen molar-refractivity contribution in [2.75, 3.05) is 11.8 Å². The Morgan fingerprint density at radius 3 is 2.20 bits per heavy atom. The molecule has 8 heteroatoms. The van der Waals surface area contributed by atoms with Gasteiger partial charge in [0, 0.05) is 5.69 Å². The Morgan fingerprint density at radius 1 is 1.04 bits per heavy atom. The number of nitrogens with zero attached hydrogens (tertiary/aromatic N) is 1. The molecule has 2 rings (SSSR count). The molecule has 132 valence electrons. The van der Waals surface area contributed by atoms with E-state index < -0.39 is 16.1 Å². The number of hydrogen-bond acceptors (Lipinski definition) is 5. The summed E-state index contributed by atoms with van der Waals surface area (Å²) in [5, 5.41) is 3.88. The molecule has 0 aliphatic heterocycles. The Morgan fingerprint density at radius 2 is 1.64 bits per heavy atom. The fourth-order valence-corrected chi connectivity index (χ4v) is 3.01. The Bertz CT molecular complexity index is 873. The van der Waals surface area contributed by atoms with E-state index in [0.717, 1.165) is 11.1 Å². The molecule has 25 heavy (non-hydrogen) atoms. The number of ether oxygens (including phenoxy) is 1. The molecular formula is C17H19N3O4S. The molecule has 0 atom stereocenters. The minimum absolute atomic E-state index is 0.196. The molecule has 0 aliphatic rings. The van der Waals surface area contributed by atoms with Gasteiger partial charge in [-0.1, -0.05) is 29.8 Å². The van der Waals surface area contributed by atoms with Gasteiger partial charge in [0.05, 0.1) is 17.7 Å². The van der Waals surface area contributed by atoms with Crippen molar-refractivity contribution in [3.05, 3.63) is 59.7 Å². The summed E-state index contributed by atoms with van der Waals surface area (Å²) in [6.45, 7) is 3.60. The second-order valence-electron chi connectivity index (χ2n) is 5.30.